The van der Waals surface area contributed by atoms with Crippen molar-refractivity contribution in [1.82, 2.24) is 10.2 Å². The standard InChI is InChI=1S/C17H27N3O2/c1-13(21)12-20-8-6-15(7-9-20)11-19-10-14-2-4-16(5-3-14)17(18)22/h2-5,13,15,19,21H,6-12H2,1H3,(H2,18,22)/t13-/m0/s1. The molecule has 22 heavy (non-hydrogen) atoms. The highest BCUT2D eigenvalue weighted by Gasteiger charge is 2.19. The second-order valence-electron chi connectivity index (χ2n) is 6.29. The summed E-state index contributed by atoms with van der Waals surface area (Å²) < 4.78 is 0. The van der Waals surface area contributed by atoms with Crippen molar-refractivity contribution in [3.05, 3.63) is 35.4 Å². The number of primary amides is 1. The number of amides is 1. The fourth-order valence-corrected chi connectivity index (χ4v) is 2.95. The van der Waals surface area contributed by atoms with Gasteiger partial charge in [-0.3, -0.25) is 4.79 Å². The number of rotatable bonds is 7. The number of carbonyl (C=O) groups excluding carboxylic acids is 1. The molecular weight excluding hydrogens is 278 g/mol. The first-order valence-corrected chi connectivity index (χ1v) is 8.04. The number of piperidine rings is 1. The molecule has 1 aromatic carbocycles. The highest BCUT2D eigenvalue weighted by Crippen LogP contribution is 2.16. The van der Waals surface area contributed by atoms with Crippen LogP contribution in [-0.2, 0) is 6.54 Å². The maximum absolute atomic E-state index is 11.0. The molecule has 0 aromatic heterocycles. The number of carbonyl (C=O) groups is 1. The quantitative estimate of drug-likeness (QED) is 0.701. The molecule has 4 N–H and O–H groups in total. The van der Waals surface area contributed by atoms with Gasteiger partial charge in [-0.25, -0.2) is 0 Å². The van der Waals surface area contributed by atoms with E-state index in [1.165, 1.54) is 12.8 Å². The molecule has 1 heterocycles. The van der Waals surface area contributed by atoms with Crippen LogP contribution in [0.15, 0.2) is 24.3 Å². The van der Waals surface area contributed by atoms with E-state index in [1.807, 2.05) is 19.1 Å². The summed E-state index contributed by atoms with van der Waals surface area (Å²) >= 11 is 0. The molecule has 5 nitrogen and oxygen atoms in total. The van der Waals surface area contributed by atoms with Crippen LogP contribution < -0.4 is 11.1 Å². The minimum absolute atomic E-state index is 0.238. The molecule has 1 fully saturated rings. The van der Waals surface area contributed by atoms with Crippen molar-refractivity contribution < 1.29 is 9.90 Å². The number of likely N-dealkylation sites (tertiary alicyclic amines) is 1. The van der Waals surface area contributed by atoms with Crippen LogP contribution in [0.3, 0.4) is 0 Å². The molecular formula is C17H27N3O2. The number of hydrogen-bond acceptors (Lipinski definition) is 4. The van der Waals surface area contributed by atoms with Gasteiger partial charge in [-0.05, 0) is 63.0 Å². The van der Waals surface area contributed by atoms with Gasteiger partial charge in [-0.1, -0.05) is 12.1 Å². The lowest BCUT2D eigenvalue weighted by atomic mass is 9.96. The smallest absolute Gasteiger partial charge is 0.248 e. The Bertz CT molecular complexity index is 465. The Morgan fingerprint density at radius 2 is 2.00 bits per heavy atom. The number of hydrogen-bond donors (Lipinski definition) is 3. The zero-order valence-corrected chi connectivity index (χ0v) is 13.3. The predicted molar refractivity (Wildman–Crippen MR) is 87.5 cm³/mol. The van der Waals surface area contributed by atoms with Gasteiger partial charge < -0.3 is 21.1 Å². The van der Waals surface area contributed by atoms with Gasteiger partial charge in [-0.15, -0.1) is 0 Å². The van der Waals surface area contributed by atoms with Crippen LogP contribution in [0.2, 0.25) is 0 Å². The number of β-amino-alcohol motifs (C(OH)–C–C–N with tert-alkyl or cyclic N) is 1. The summed E-state index contributed by atoms with van der Waals surface area (Å²) in [7, 11) is 0. The minimum atomic E-state index is -0.386. The molecule has 1 aromatic rings. The molecule has 1 atom stereocenters. The summed E-state index contributed by atoms with van der Waals surface area (Å²) in [5.41, 5.74) is 6.94. The second-order valence-corrected chi connectivity index (χ2v) is 6.29. The van der Waals surface area contributed by atoms with E-state index in [0.29, 0.717) is 11.5 Å². The van der Waals surface area contributed by atoms with Gasteiger partial charge in [0.25, 0.3) is 0 Å². The van der Waals surface area contributed by atoms with Crippen LogP contribution in [0.4, 0.5) is 0 Å². The van der Waals surface area contributed by atoms with E-state index in [1.54, 1.807) is 12.1 Å². The van der Waals surface area contributed by atoms with E-state index in [9.17, 15) is 9.90 Å². The van der Waals surface area contributed by atoms with Gasteiger partial charge in [0.2, 0.25) is 5.91 Å². The average molecular weight is 305 g/mol. The second kappa shape index (κ2) is 8.27. The topological polar surface area (TPSA) is 78.6 Å². The van der Waals surface area contributed by atoms with E-state index in [2.05, 4.69) is 10.2 Å². The monoisotopic (exact) mass is 305 g/mol. The van der Waals surface area contributed by atoms with Gasteiger partial charge in [0.05, 0.1) is 6.10 Å². The van der Waals surface area contributed by atoms with Crippen LogP contribution >= 0.6 is 0 Å². The molecule has 1 aliphatic rings. The van der Waals surface area contributed by atoms with E-state index in [-0.39, 0.29) is 12.0 Å². The third-order valence-corrected chi connectivity index (χ3v) is 4.23. The lowest BCUT2D eigenvalue weighted by Crippen LogP contribution is -2.40. The third-order valence-electron chi connectivity index (χ3n) is 4.23. The van der Waals surface area contributed by atoms with Crippen molar-refractivity contribution in [3.8, 4) is 0 Å². The number of nitrogens with two attached hydrogens (primary N) is 1. The molecule has 0 radical (unpaired) electrons. The number of benzene rings is 1. The minimum Gasteiger partial charge on any atom is -0.392 e. The zero-order valence-electron chi connectivity index (χ0n) is 13.3. The highest BCUT2D eigenvalue weighted by molar-refractivity contribution is 5.92. The molecule has 0 unspecified atom stereocenters. The van der Waals surface area contributed by atoms with E-state index in [4.69, 9.17) is 5.73 Å². The predicted octanol–water partition coefficient (Wildman–Crippen LogP) is 0.968. The number of aliphatic hydroxyl groups is 1. The van der Waals surface area contributed by atoms with Crippen molar-refractivity contribution in [3.63, 3.8) is 0 Å². The van der Waals surface area contributed by atoms with E-state index >= 15 is 0 Å². The summed E-state index contributed by atoms with van der Waals surface area (Å²) in [4.78, 5) is 13.4. The summed E-state index contributed by atoms with van der Waals surface area (Å²) in [6.07, 6.45) is 2.12. The van der Waals surface area contributed by atoms with Gasteiger partial charge in [0.1, 0.15) is 0 Å². The summed E-state index contributed by atoms with van der Waals surface area (Å²) in [5.74, 6) is 0.318. The van der Waals surface area contributed by atoms with E-state index in [0.717, 1.165) is 38.3 Å². The fourth-order valence-electron chi connectivity index (χ4n) is 2.95. The summed E-state index contributed by atoms with van der Waals surface area (Å²) in [6, 6.07) is 7.43. The number of aliphatic hydroxyl groups excluding tert-OH is 1. The molecule has 2 rings (SSSR count). The van der Waals surface area contributed by atoms with Crippen molar-refractivity contribution in [2.24, 2.45) is 11.7 Å². The highest BCUT2D eigenvalue weighted by atomic mass is 16.3. The van der Waals surface area contributed by atoms with Gasteiger partial charge >= 0.3 is 0 Å². The molecule has 0 bridgehead atoms. The fraction of sp³-hybridized carbons (Fsp3) is 0.588. The van der Waals surface area contributed by atoms with Gasteiger partial charge in [-0.2, -0.15) is 0 Å². The average Bonchev–Trinajstić information content (AvgIpc) is 2.49. The Morgan fingerprint density at radius 3 is 2.55 bits per heavy atom. The van der Waals surface area contributed by atoms with Gasteiger partial charge in [0, 0.05) is 18.7 Å². The van der Waals surface area contributed by atoms with Crippen molar-refractivity contribution in [2.75, 3.05) is 26.2 Å². The molecule has 5 heteroatoms. The third kappa shape index (κ3) is 5.40. The Hall–Kier alpha value is -1.43. The molecule has 0 spiro atoms. The molecule has 1 saturated heterocycles. The lowest BCUT2D eigenvalue weighted by molar-refractivity contribution is 0.0994. The van der Waals surface area contributed by atoms with Crippen LogP contribution in [0.5, 0.6) is 0 Å². The molecule has 1 amide bonds. The zero-order chi connectivity index (χ0) is 15.9. The Kier molecular flexibility index (Phi) is 6.36. The number of nitrogens with one attached hydrogen (secondary N) is 1. The lowest BCUT2D eigenvalue weighted by Gasteiger charge is -2.32. The molecule has 0 aliphatic carbocycles. The van der Waals surface area contributed by atoms with Crippen molar-refractivity contribution in [1.29, 1.82) is 0 Å². The first kappa shape index (κ1) is 16.9. The van der Waals surface area contributed by atoms with Gasteiger partial charge in [0.15, 0.2) is 0 Å². The van der Waals surface area contributed by atoms with E-state index < -0.39 is 0 Å². The molecule has 1 aliphatic heterocycles. The Labute approximate surface area is 132 Å². The van der Waals surface area contributed by atoms with Crippen molar-refractivity contribution >= 4 is 5.91 Å². The first-order chi connectivity index (χ1) is 10.5. The first-order valence-electron chi connectivity index (χ1n) is 8.04. The Balaban J connectivity index is 1.66. The van der Waals surface area contributed by atoms with Crippen LogP contribution in [0, 0.1) is 5.92 Å². The van der Waals surface area contributed by atoms with Crippen LogP contribution in [0.1, 0.15) is 35.7 Å². The SMILES string of the molecule is C[C@H](O)CN1CCC(CNCc2ccc(C(N)=O)cc2)CC1. The normalized spacial score (nSPS) is 18.3. The maximum atomic E-state index is 11.0. The molecule has 122 valence electrons. The molecule has 0 saturated carbocycles. The van der Waals surface area contributed by atoms with Crippen LogP contribution in [-0.4, -0.2) is 48.2 Å². The maximum Gasteiger partial charge on any atom is 0.248 e. The van der Waals surface area contributed by atoms with Crippen LogP contribution in [0.25, 0.3) is 0 Å². The summed E-state index contributed by atoms with van der Waals surface area (Å²) in [5, 5.41) is 12.9. The number of nitrogens with zero attached hydrogens (tertiary/aromatic N) is 1. The summed E-state index contributed by atoms with van der Waals surface area (Å²) in [6.45, 7) is 6.60. The largest absolute Gasteiger partial charge is 0.392 e. The Morgan fingerprint density at radius 1 is 1.36 bits per heavy atom. The van der Waals surface area contributed by atoms with Crippen molar-refractivity contribution in [2.45, 2.75) is 32.4 Å².